The molecule has 7 heteroatoms. The molecule has 2 heterocycles. The average Bonchev–Trinajstić information content (AvgIpc) is 2.77. The Hall–Kier alpha value is -1.14. The van der Waals surface area contributed by atoms with E-state index >= 15 is 0 Å². The van der Waals surface area contributed by atoms with E-state index in [9.17, 15) is 9.90 Å². The Morgan fingerprint density at radius 1 is 1.38 bits per heavy atom. The van der Waals surface area contributed by atoms with E-state index in [2.05, 4.69) is 10.3 Å². The van der Waals surface area contributed by atoms with Gasteiger partial charge in [-0.15, -0.1) is 11.3 Å². The Bertz CT molecular complexity index is 631. The number of carbonyl (C=O) groups is 1. The summed E-state index contributed by atoms with van der Waals surface area (Å²) in [4.78, 5) is 15.8. The lowest BCUT2D eigenvalue weighted by atomic mass is 10.1. The molecule has 1 amide bonds. The number of pyridine rings is 1. The summed E-state index contributed by atoms with van der Waals surface area (Å²) in [5, 5.41) is 11.9. The predicted octanol–water partition coefficient (Wildman–Crippen LogP) is 3.90. The molecule has 2 N–H and O–H groups in total. The van der Waals surface area contributed by atoms with Crippen molar-refractivity contribution < 1.29 is 9.90 Å². The van der Waals surface area contributed by atoms with Crippen LogP contribution in [0.3, 0.4) is 0 Å². The Morgan fingerprint density at radius 2 is 2.19 bits per heavy atom. The number of hydrogen-bond donors (Lipinski definition) is 2. The molecule has 0 unspecified atom stereocenters. The van der Waals surface area contributed by atoms with Gasteiger partial charge < -0.3 is 10.4 Å². The highest BCUT2D eigenvalue weighted by atomic mass is 35.5. The smallest absolute Gasteiger partial charge is 0.224 e. The molecular weight excluding hydrogens is 331 g/mol. The van der Waals surface area contributed by atoms with E-state index in [1.165, 1.54) is 17.5 Å². The van der Waals surface area contributed by atoms with Gasteiger partial charge in [-0.1, -0.05) is 23.2 Å². The predicted molar refractivity (Wildman–Crippen MR) is 86.1 cm³/mol. The van der Waals surface area contributed by atoms with Gasteiger partial charge in [0, 0.05) is 18.2 Å². The maximum absolute atomic E-state index is 11.9. The molecule has 0 aromatic carbocycles. The summed E-state index contributed by atoms with van der Waals surface area (Å²) in [5.74, 6) is -0.116. The van der Waals surface area contributed by atoms with Crippen LogP contribution in [0, 0.1) is 0 Å². The van der Waals surface area contributed by atoms with E-state index in [-0.39, 0.29) is 12.5 Å². The third kappa shape index (κ3) is 4.68. The van der Waals surface area contributed by atoms with Crippen LogP contribution in [0.15, 0.2) is 24.5 Å². The summed E-state index contributed by atoms with van der Waals surface area (Å²) in [5.41, 5.74) is 2.16. The summed E-state index contributed by atoms with van der Waals surface area (Å²) in [6.07, 6.45) is 4.84. The van der Waals surface area contributed by atoms with Gasteiger partial charge in [-0.05, 0) is 30.5 Å². The van der Waals surface area contributed by atoms with Gasteiger partial charge in [0.05, 0.1) is 27.2 Å². The van der Waals surface area contributed by atoms with Gasteiger partial charge in [0.25, 0.3) is 0 Å². The number of nitrogens with one attached hydrogen (secondary N) is 1. The van der Waals surface area contributed by atoms with E-state index in [1.807, 2.05) is 6.07 Å². The Morgan fingerprint density at radius 3 is 2.86 bits per heavy atom. The molecule has 0 fully saturated rings. The average molecular weight is 345 g/mol. The number of thiophene rings is 1. The van der Waals surface area contributed by atoms with E-state index < -0.39 is 0 Å². The maximum atomic E-state index is 11.9. The van der Waals surface area contributed by atoms with Crippen molar-refractivity contribution in [2.75, 3.05) is 5.32 Å². The molecule has 0 aliphatic rings. The SMILES string of the molecule is O=C(CCCc1cc(Cl)sc1Cl)Nc1cnccc1CO. The summed E-state index contributed by atoms with van der Waals surface area (Å²) >= 11 is 13.2. The molecule has 0 saturated heterocycles. The zero-order chi connectivity index (χ0) is 15.2. The van der Waals surface area contributed by atoms with Crippen LogP contribution >= 0.6 is 34.5 Å². The standard InChI is InChI=1S/C14H14Cl2N2O2S/c15-12-6-9(14(16)21-12)2-1-3-13(20)18-11-7-17-5-4-10(11)8-19/h4-7,19H,1-3,8H2,(H,18,20). The normalized spacial score (nSPS) is 10.6. The van der Waals surface area contributed by atoms with Gasteiger partial charge in [-0.2, -0.15) is 0 Å². The van der Waals surface area contributed by atoms with Crippen molar-refractivity contribution in [2.45, 2.75) is 25.9 Å². The van der Waals surface area contributed by atoms with Crippen molar-refractivity contribution in [3.8, 4) is 0 Å². The summed E-state index contributed by atoms with van der Waals surface area (Å²) < 4.78 is 1.33. The summed E-state index contributed by atoms with van der Waals surface area (Å²) in [7, 11) is 0. The van der Waals surface area contributed by atoms with Crippen LogP contribution in [-0.2, 0) is 17.8 Å². The lowest BCUT2D eigenvalue weighted by Crippen LogP contribution is -2.13. The molecule has 4 nitrogen and oxygen atoms in total. The molecule has 0 atom stereocenters. The van der Waals surface area contributed by atoms with Gasteiger partial charge in [-0.3, -0.25) is 9.78 Å². The fourth-order valence-electron chi connectivity index (χ4n) is 1.87. The number of halogens is 2. The quantitative estimate of drug-likeness (QED) is 0.835. The highest BCUT2D eigenvalue weighted by molar-refractivity contribution is 7.20. The molecule has 0 radical (unpaired) electrons. The Balaban J connectivity index is 1.84. The van der Waals surface area contributed by atoms with Gasteiger partial charge in [-0.25, -0.2) is 0 Å². The van der Waals surface area contributed by atoms with Crippen LogP contribution in [0.25, 0.3) is 0 Å². The van der Waals surface area contributed by atoms with E-state index in [0.717, 1.165) is 5.56 Å². The van der Waals surface area contributed by atoms with Crippen LogP contribution in [0.4, 0.5) is 5.69 Å². The minimum Gasteiger partial charge on any atom is -0.392 e. The van der Waals surface area contributed by atoms with Gasteiger partial charge >= 0.3 is 0 Å². The number of amides is 1. The zero-order valence-electron chi connectivity index (χ0n) is 11.1. The van der Waals surface area contributed by atoms with Crippen LogP contribution in [0.2, 0.25) is 8.67 Å². The van der Waals surface area contributed by atoms with Gasteiger partial charge in [0.1, 0.15) is 0 Å². The molecule has 2 rings (SSSR count). The van der Waals surface area contributed by atoms with Gasteiger partial charge in [0.2, 0.25) is 5.91 Å². The molecule has 0 spiro atoms. The second-order valence-electron chi connectivity index (χ2n) is 4.44. The first-order chi connectivity index (χ1) is 10.1. The van der Waals surface area contributed by atoms with Crippen molar-refractivity contribution >= 4 is 46.1 Å². The van der Waals surface area contributed by atoms with Crippen LogP contribution < -0.4 is 5.32 Å². The lowest BCUT2D eigenvalue weighted by molar-refractivity contribution is -0.116. The zero-order valence-corrected chi connectivity index (χ0v) is 13.4. The Labute approximate surface area is 136 Å². The summed E-state index contributed by atoms with van der Waals surface area (Å²) in [6, 6.07) is 3.50. The number of aryl methyl sites for hydroxylation is 1. The second kappa shape index (κ2) is 7.75. The maximum Gasteiger partial charge on any atom is 0.224 e. The number of aliphatic hydroxyl groups is 1. The fraction of sp³-hybridized carbons (Fsp3) is 0.286. The van der Waals surface area contributed by atoms with Crippen molar-refractivity contribution in [1.29, 1.82) is 0 Å². The monoisotopic (exact) mass is 344 g/mol. The first-order valence-electron chi connectivity index (χ1n) is 6.37. The minimum atomic E-state index is -0.138. The third-order valence-electron chi connectivity index (χ3n) is 2.93. The molecule has 0 aliphatic heterocycles. The highest BCUT2D eigenvalue weighted by Crippen LogP contribution is 2.32. The van der Waals surface area contributed by atoms with Crippen molar-refractivity contribution in [3.63, 3.8) is 0 Å². The Kier molecular flexibility index (Phi) is 5.99. The van der Waals surface area contributed by atoms with Crippen molar-refractivity contribution in [2.24, 2.45) is 0 Å². The van der Waals surface area contributed by atoms with Crippen LogP contribution in [0.5, 0.6) is 0 Å². The van der Waals surface area contributed by atoms with Crippen molar-refractivity contribution in [1.82, 2.24) is 4.98 Å². The van der Waals surface area contributed by atoms with E-state index in [4.69, 9.17) is 23.2 Å². The second-order valence-corrected chi connectivity index (χ2v) is 6.73. The fourth-order valence-corrected chi connectivity index (χ4v) is 3.42. The number of anilines is 1. The molecule has 2 aromatic rings. The number of aromatic nitrogens is 1. The number of nitrogens with zero attached hydrogens (tertiary/aromatic N) is 1. The number of aliphatic hydroxyl groups excluding tert-OH is 1. The number of carbonyl (C=O) groups excluding carboxylic acids is 1. The topological polar surface area (TPSA) is 62.2 Å². The van der Waals surface area contributed by atoms with Crippen molar-refractivity contribution in [3.05, 3.63) is 44.3 Å². The molecule has 0 saturated carbocycles. The molecule has 2 aromatic heterocycles. The molecule has 21 heavy (non-hydrogen) atoms. The molecule has 0 aliphatic carbocycles. The van der Waals surface area contributed by atoms with Crippen LogP contribution in [-0.4, -0.2) is 16.0 Å². The van der Waals surface area contributed by atoms with Gasteiger partial charge in [0.15, 0.2) is 0 Å². The number of rotatable bonds is 6. The first kappa shape index (κ1) is 16.2. The van der Waals surface area contributed by atoms with E-state index in [0.29, 0.717) is 39.2 Å². The highest BCUT2D eigenvalue weighted by Gasteiger charge is 2.09. The summed E-state index contributed by atoms with van der Waals surface area (Å²) in [6.45, 7) is -0.138. The molecular formula is C14H14Cl2N2O2S. The molecule has 112 valence electrons. The number of hydrogen-bond acceptors (Lipinski definition) is 4. The lowest BCUT2D eigenvalue weighted by Gasteiger charge is -2.08. The van der Waals surface area contributed by atoms with E-state index in [1.54, 1.807) is 12.3 Å². The van der Waals surface area contributed by atoms with Crippen LogP contribution in [0.1, 0.15) is 24.0 Å². The third-order valence-corrected chi connectivity index (χ3v) is 4.50. The minimum absolute atomic E-state index is 0.116. The molecule has 0 bridgehead atoms. The largest absolute Gasteiger partial charge is 0.392 e. The first-order valence-corrected chi connectivity index (χ1v) is 7.94.